The van der Waals surface area contributed by atoms with E-state index in [1.807, 2.05) is 6.92 Å². The van der Waals surface area contributed by atoms with E-state index in [2.05, 4.69) is 19.4 Å². The van der Waals surface area contributed by atoms with Gasteiger partial charge in [0.05, 0.1) is 6.07 Å². The molecule has 0 saturated heterocycles. The van der Waals surface area contributed by atoms with Crippen LogP contribution in [-0.2, 0) is 0 Å². The molecule has 1 heteroatoms. The van der Waals surface area contributed by atoms with Crippen LogP contribution in [0.3, 0.4) is 0 Å². The van der Waals surface area contributed by atoms with Gasteiger partial charge < -0.3 is 0 Å². The Kier molecular flexibility index (Phi) is 5.30. The molecular formula is C8H14N. The van der Waals surface area contributed by atoms with Gasteiger partial charge in [-0.05, 0) is 19.8 Å². The minimum absolute atomic E-state index is 0.205. The molecule has 9 heavy (non-hydrogen) atoms. The molecule has 1 atom stereocenters. The van der Waals surface area contributed by atoms with Gasteiger partial charge in [-0.1, -0.05) is 19.8 Å². The summed E-state index contributed by atoms with van der Waals surface area (Å²) < 4.78 is 0. The Morgan fingerprint density at radius 3 is 2.78 bits per heavy atom. The van der Waals surface area contributed by atoms with Crippen LogP contribution in [0.25, 0.3) is 0 Å². The molecule has 0 rings (SSSR count). The molecule has 0 aromatic rings. The molecule has 0 spiro atoms. The van der Waals surface area contributed by atoms with Gasteiger partial charge in [0.25, 0.3) is 0 Å². The fraction of sp³-hybridized carbons (Fsp3) is 0.750. The molecule has 0 aliphatic heterocycles. The normalized spacial score (nSPS) is 12.6. The van der Waals surface area contributed by atoms with Crippen molar-refractivity contribution in [2.75, 3.05) is 0 Å². The fourth-order valence-corrected chi connectivity index (χ4v) is 0.625. The zero-order valence-electron chi connectivity index (χ0n) is 6.22. The standard InChI is InChI=1S/C8H14N/c1-3-4-5-6-8(2)7-9/h5,8H,3-4,6H2,1-2H3. The molecule has 0 aliphatic rings. The highest BCUT2D eigenvalue weighted by atomic mass is 14.2. The largest absolute Gasteiger partial charge is 0.198 e. The number of rotatable bonds is 4. The van der Waals surface area contributed by atoms with Crippen LogP contribution in [0.15, 0.2) is 0 Å². The highest BCUT2D eigenvalue weighted by Crippen LogP contribution is 2.05. The number of nitrogens with zero attached hydrogens (tertiary/aromatic N) is 1. The minimum atomic E-state index is 0.205. The molecule has 0 bridgehead atoms. The lowest BCUT2D eigenvalue weighted by Crippen LogP contribution is -1.89. The van der Waals surface area contributed by atoms with E-state index < -0.39 is 0 Å². The summed E-state index contributed by atoms with van der Waals surface area (Å²) >= 11 is 0. The Balaban J connectivity index is 2.99. The van der Waals surface area contributed by atoms with Crippen LogP contribution >= 0.6 is 0 Å². The van der Waals surface area contributed by atoms with Crippen molar-refractivity contribution in [2.45, 2.75) is 33.1 Å². The van der Waals surface area contributed by atoms with Crippen molar-refractivity contribution in [3.63, 3.8) is 0 Å². The first-order valence-corrected chi connectivity index (χ1v) is 3.52. The first-order chi connectivity index (χ1) is 4.31. The van der Waals surface area contributed by atoms with Gasteiger partial charge in [-0.3, -0.25) is 0 Å². The van der Waals surface area contributed by atoms with Gasteiger partial charge in [-0.2, -0.15) is 5.26 Å². The molecule has 0 fully saturated rings. The van der Waals surface area contributed by atoms with Crippen molar-refractivity contribution >= 4 is 0 Å². The van der Waals surface area contributed by atoms with Gasteiger partial charge in [0.1, 0.15) is 0 Å². The summed E-state index contributed by atoms with van der Waals surface area (Å²) in [6.07, 6.45) is 5.47. The van der Waals surface area contributed by atoms with Gasteiger partial charge in [-0.25, -0.2) is 0 Å². The van der Waals surface area contributed by atoms with E-state index in [9.17, 15) is 0 Å². The zero-order valence-corrected chi connectivity index (χ0v) is 6.22. The molecule has 0 saturated carbocycles. The molecule has 1 nitrogen and oxygen atoms in total. The lowest BCUT2D eigenvalue weighted by molar-refractivity contribution is 0.689. The molecule has 0 aromatic carbocycles. The lowest BCUT2D eigenvalue weighted by Gasteiger charge is -1.97. The molecule has 0 aromatic heterocycles. The zero-order chi connectivity index (χ0) is 7.11. The smallest absolute Gasteiger partial charge is 0.0652 e. The lowest BCUT2D eigenvalue weighted by atomic mass is 10.1. The van der Waals surface area contributed by atoms with Crippen LogP contribution in [0, 0.1) is 23.7 Å². The van der Waals surface area contributed by atoms with E-state index in [-0.39, 0.29) is 5.92 Å². The third-order valence-electron chi connectivity index (χ3n) is 1.23. The van der Waals surface area contributed by atoms with E-state index in [1.165, 1.54) is 6.42 Å². The molecule has 0 heterocycles. The summed E-state index contributed by atoms with van der Waals surface area (Å²) in [6.45, 7) is 4.10. The Hall–Kier alpha value is -0.510. The van der Waals surface area contributed by atoms with Gasteiger partial charge in [0, 0.05) is 5.92 Å². The van der Waals surface area contributed by atoms with Crippen molar-refractivity contribution in [1.82, 2.24) is 0 Å². The maximum absolute atomic E-state index is 8.36. The third kappa shape index (κ3) is 5.36. The highest BCUT2D eigenvalue weighted by Gasteiger charge is 1.96. The van der Waals surface area contributed by atoms with Crippen molar-refractivity contribution in [3.05, 3.63) is 6.42 Å². The maximum atomic E-state index is 8.36. The topological polar surface area (TPSA) is 23.8 Å². The molecule has 0 amide bonds. The van der Waals surface area contributed by atoms with Gasteiger partial charge in [-0.15, -0.1) is 0 Å². The van der Waals surface area contributed by atoms with Crippen LogP contribution in [0.5, 0.6) is 0 Å². The van der Waals surface area contributed by atoms with E-state index in [0.717, 1.165) is 12.8 Å². The average Bonchev–Trinajstić information content (AvgIpc) is 1.89. The predicted octanol–water partition coefficient (Wildman–Crippen LogP) is 2.54. The number of hydrogen-bond donors (Lipinski definition) is 0. The van der Waals surface area contributed by atoms with Gasteiger partial charge in [0.15, 0.2) is 0 Å². The second-order valence-electron chi connectivity index (χ2n) is 2.34. The third-order valence-corrected chi connectivity index (χ3v) is 1.23. The van der Waals surface area contributed by atoms with Crippen molar-refractivity contribution < 1.29 is 0 Å². The van der Waals surface area contributed by atoms with Crippen LogP contribution in [-0.4, -0.2) is 0 Å². The fourth-order valence-electron chi connectivity index (χ4n) is 0.625. The molecule has 51 valence electrons. The first-order valence-electron chi connectivity index (χ1n) is 3.52. The molecule has 0 aliphatic carbocycles. The SMILES string of the molecule is CCC[CH]CC(C)C#N. The van der Waals surface area contributed by atoms with Crippen molar-refractivity contribution in [3.8, 4) is 6.07 Å². The van der Waals surface area contributed by atoms with Crippen LogP contribution < -0.4 is 0 Å². The average molecular weight is 124 g/mol. The minimum Gasteiger partial charge on any atom is -0.198 e. The van der Waals surface area contributed by atoms with Crippen molar-refractivity contribution in [1.29, 1.82) is 5.26 Å². The maximum Gasteiger partial charge on any atom is 0.0652 e. The monoisotopic (exact) mass is 124 g/mol. The summed E-state index contributed by atoms with van der Waals surface area (Å²) in [6, 6.07) is 2.19. The summed E-state index contributed by atoms with van der Waals surface area (Å²) in [5.41, 5.74) is 0. The van der Waals surface area contributed by atoms with E-state index >= 15 is 0 Å². The summed E-state index contributed by atoms with van der Waals surface area (Å²) in [5, 5.41) is 8.36. The van der Waals surface area contributed by atoms with E-state index in [0.29, 0.717) is 0 Å². The number of hydrogen-bond acceptors (Lipinski definition) is 1. The second-order valence-corrected chi connectivity index (χ2v) is 2.34. The Morgan fingerprint density at radius 1 is 1.67 bits per heavy atom. The quantitative estimate of drug-likeness (QED) is 0.528. The Morgan fingerprint density at radius 2 is 2.33 bits per heavy atom. The molecule has 0 N–H and O–H groups in total. The molecule has 1 radical (unpaired) electrons. The van der Waals surface area contributed by atoms with Crippen LogP contribution in [0.2, 0.25) is 0 Å². The van der Waals surface area contributed by atoms with Crippen molar-refractivity contribution in [2.24, 2.45) is 5.92 Å². The van der Waals surface area contributed by atoms with E-state index in [1.54, 1.807) is 0 Å². The summed E-state index contributed by atoms with van der Waals surface area (Å²) in [5.74, 6) is 0.205. The number of unbranched alkanes of at least 4 members (excludes halogenated alkanes) is 2. The van der Waals surface area contributed by atoms with Gasteiger partial charge >= 0.3 is 0 Å². The van der Waals surface area contributed by atoms with Gasteiger partial charge in [0.2, 0.25) is 0 Å². The first kappa shape index (κ1) is 8.49. The van der Waals surface area contributed by atoms with Crippen LogP contribution in [0.4, 0.5) is 0 Å². The summed E-state index contributed by atoms with van der Waals surface area (Å²) in [7, 11) is 0. The molecule has 1 unspecified atom stereocenters. The highest BCUT2D eigenvalue weighted by molar-refractivity contribution is 4.83. The number of nitriles is 1. The Bertz CT molecular complexity index is 91.2. The molecular weight excluding hydrogens is 110 g/mol. The Labute approximate surface area is 57.7 Å². The second kappa shape index (κ2) is 5.62. The summed E-state index contributed by atoms with van der Waals surface area (Å²) in [4.78, 5) is 0. The van der Waals surface area contributed by atoms with E-state index in [4.69, 9.17) is 5.26 Å². The predicted molar refractivity (Wildman–Crippen MR) is 38.6 cm³/mol. The van der Waals surface area contributed by atoms with Crippen LogP contribution in [0.1, 0.15) is 33.1 Å².